The van der Waals surface area contributed by atoms with Crippen molar-refractivity contribution in [3.63, 3.8) is 0 Å². The zero-order valence-electron chi connectivity index (χ0n) is 9.07. The Morgan fingerprint density at radius 2 is 2.00 bits per heavy atom. The average Bonchev–Trinajstić information content (AvgIpc) is 2.48. The van der Waals surface area contributed by atoms with Crippen molar-refractivity contribution in [3.05, 3.63) is 35.4 Å². The molecule has 3 N–H and O–H groups in total. The number of aryl methyl sites for hydroxylation is 1. The highest BCUT2D eigenvalue weighted by atomic mass is 32.1. The molecule has 1 aromatic carbocycles. The number of benzene rings is 1. The van der Waals surface area contributed by atoms with Crippen molar-refractivity contribution in [1.82, 2.24) is 5.43 Å². The molecular formula is C12H15N3S. The molecule has 0 radical (unpaired) electrons. The molecule has 4 heteroatoms. The molecule has 1 aliphatic carbocycles. The predicted molar refractivity (Wildman–Crippen MR) is 70.5 cm³/mol. The Morgan fingerprint density at radius 1 is 1.25 bits per heavy atom. The molecule has 1 aromatic rings. The molecule has 0 saturated heterocycles. The molecule has 84 valence electrons. The van der Waals surface area contributed by atoms with E-state index in [0.29, 0.717) is 0 Å². The fourth-order valence-electron chi connectivity index (χ4n) is 2.00. The lowest BCUT2D eigenvalue weighted by Crippen LogP contribution is -2.25. The maximum atomic E-state index is 5.38. The van der Waals surface area contributed by atoms with Crippen molar-refractivity contribution in [2.24, 2.45) is 10.8 Å². The molecular weight excluding hydrogens is 218 g/mol. The molecule has 0 heterocycles. The highest BCUT2D eigenvalue weighted by molar-refractivity contribution is 7.80. The number of nitrogens with zero attached hydrogens (tertiary/aromatic N) is 1. The van der Waals surface area contributed by atoms with Gasteiger partial charge in [0, 0.05) is 5.56 Å². The van der Waals surface area contributed by atoms with Crippen molar-refractivity contribution in [2.75, 3.05) is 0 Å². The van der Waals surface area contributed by atoms with Crippen molar-refractivity contribution in [3.8, 4) is 0 Å². The van der Waals surface area contributed by atoms with Gasteiger partial charge in [-0.3, -0.25) is 5.43 Å². The van der Waals surface area contributed by atoms with E-state index in [0.717, 1.165) is 25.0 Å². The fourth-order valence-corrected chi connectivity index (χ4v) is 2.05. The summed E-state index contributed by atoms with van der Waals surface area (Å²) in [6, 6.07) is 8.39. The third kappa shape index (κ3) is 2.58. The Bertz CT molecular complexity index is 426. The van der Waals surface area contributed by atoms with Crippen LogP contribution in [0.2, 0.25) is 0 Å². The lowest BCUT2D eigenvalue weighted by atomic mass is 10.0. The fraction of sp³-hybridized carbons (Fsp3) is 0.333. The molecule has 2 rings (SSSR count). The number of hydrogen-bond acceptors (Lipinski definition) is 2. The van der Waals surface area contributed by atoms with Crippen LogP contribution in [-0.2, 0) is 6.42 Å². The van der Waals surface area contributed by atoms with Gasteiger partial charge in [0.2, 0.25) is 0 Å². The van der Waals surface area contributed by atoms with Gasteiger partial charge in [-0.1, -0.05) is 24.3 Å². The number of nitrogens with two attached hydrogens (primary N) is 1. The van der Waals surface area contributed by atoms with Crippen LogP contribution < -0.4 is 11.2 Å². The van der Waals surface area contributed by atoms with Gasteiger partial charge < -0.3 is 5.73 Å². The summed E-state index contributed by atoms with van der Waals surface area (Å²) in [5.41, 5.74) is 11.7. The summed E-state index contributed by atoms with van der Waals surface area (Å²) >= 11 is 4.76. The molecule has 0 spiro atoms. The Hall–Kier alpha value is -1.42. The maximum Gasteiger partial charge on any atom is 0.184 e. The van der Waals surface area contributed by atoms with Gasteiger partial charge in [0.1, 0.15) is 0 Å². The average molecular weight is 233 g/mol. The van der Waals surface area contributed by atoms with Gasteiger partial charge in [-0.05, 0) is 43.5 Å². The second kappa shape index (κ2) is 5.07. The maximum absolute atomic E-state index is 5.38. The summed E-state index contributed by atoms with van der Waals surface area (Å²) in [6.07, 6.45) is 4.48. The van der Waals surface area contributed by atoms with Crippen LogP contribution in [0.5, 0.6) is 0 Å². The first kappa shape index (κ1) is 11.1. The molecule has 0 aliphatic heterocycles. The van der Waals surface area contributed by atoms with Gasteiger partial charge >= 0.3 is 0 Å². The van der Waals surface area contributed by atoms with Crippen LogP contribution in [-0.4, -0.2) is 10.8 Å². The molecule has 16 heavy (non-hydrogen) atoms. The first-order valence-electron chi connectivity index (χ1n) is 5.47. The minimum atomic E-state index is 0.217. The van der Waals surface area contributed by atoms with Crippen LogP contribution in [0.15, 0.2) is 29.4 Å². The molecule has 0 aromatic heterocycles. The molecule has 0 bridgehead atoms. The Kier molecular flexibility index (Phi) is 3.51. The van der Waals surface area contributed by atoms with Gasteiger partial charge in [0.25, 0.3) is 0 Å². The molecule has 0 atom stereocenters. The first-order valence-corrected chi connectivity index (χ1v) is 5.88. The van der Waals surface area contributed by atoms with Crippen molar-refractivity contribution in [1.29, 1.82) is 0 Å². The number of hydrazone groups is 1. The Labute approximate surface area is 101 Å². The third-order valence-corrected chi connectivity index (χ3v) is 2.83. The summed E-state index contributed by atoms with van der Waals surface area (Å²) < 4.78 is 0. The van der Waals surface area contributed by atoms with Crippen molar-refractivity contribution >= 4 is 23.0 Å². The van der Waals surface area contributed by atoms with E-state index in [4.69, 9.17) is 18.0 Å². The summed E-state index contributed by atoms with van der Waals surface area (Å²) in [7, 11) is 0. The standard InChI is InChI=1S/C12H15N3S/c13-12(16)15-14-11-8-4-2-6-9-5-1-3-7-10(9)11/h1,3,5,7H,2,4,6,8H2,(H3,13,15,16)/b14-11-. The summed E-state index contributed by atoms with van der Waals surface area (Å²) in [4.78, 5) is 0. The van der Waals surface area contributed by atoms with Crippen LogP contribution in [0.4, 0.5) is 0 Å². The van der Waals surface area contributed by atoms with E-state index in [9.17, 15) is 0 Å². The van der Waals surface area contributed by atoms with Gasteiger partial charge in [-0.2, -0.15) is 5.10 Å². The lowest BCUT2D eigenvalue weighted by molar-refractivity contribution is 0.774. The van der Waals surface area contributed by atoms with Crippen molar-refractivity contribution in [2.45, 2.75) is 25.7 Å². The SMILES string of the molecule is NC(=S)N/N=C1/CCCCc2ccccc21. The molecule has 0 fully saturated rings. The van der Waals surface area contributed by atoms with E-state index in [1.54, 1.807) is 0 Å². The Balaban J connectivity index is 2.32. The highest BCUT2D eigenvalue weighted by Gasteiger charge is 2.12. The van der Waals surface area contributed by atoms with Crippen LogP contribution in [0, 0.1) is 0 Å². The van der Waals surface area contributed by atoms with Crippen LogP contribution in [0.25, 0.3) is 0 Å². The highest BCUT2D eigenvalue weighted by Crippen LogP contribution is 2.20. The number of fused-ring (bicyclic) bond motifs is 1. The molecule has 3 nitrogen and oxygen atoms in total. The zero-order valence-corrected chi connectivity index (χ0v) is 9.89. The van der Waals surface area contributed by atoms with Crippen LogP contribution in [0.3, 0.4) is 0 Å². The lowest BCUT2D eigenvalue weighted by Gasteiger charge is -2.07. The summed E-state index contributed by atoms with van der Waals surface area (Å²) in [5, 5.41) is 4.50. The Morgan fingerprint density at radius 3 is 2.81 bits per heavy atom. The monoisotopic (exact) mass is 233 g/mol. The van der Waals surface area contributed by atoms with Gasteiger partial charge in [0.15, 0.2) is 5.11 Å². The topological polar surface area (TPSA) is 50.4 Å². The zero-order chi connectivity index (χ0) is 11.4. The molecule has 0 saturated carbocycles. The third-order valence-electron chi connectivity index (χ3n) is 2.74. The number of hydrogen-bond donors (Lipinski definition) is 2. The van der Waals surface area contributed by atoms with E-state index < -0.39 is 0 Å². The molecule has 0 amide bonds. The smallest absolute Gasteiger partial charge is 0.184 e. The number of nitrogens with one attached hydrogen (secondary N) is 1. The van der Waals surface area contributed by atoms with Gasteiger partial charge in [0.05, 0.1) is 5.71 Å². The normalized spacial score (nSPS) is 17.6. The van der Waals surface area contributed by atoms with Crippen LogP contribution in [0.1, 0.15) is 30.4 Å². The largest absolute Gasteiger partial charge is 0.375 e. The van der Waals surface area contributed by atoms with Crippen molar-refractivity contribution < 1.29 is 0 Å². The quantitative estimate of drug-likeness (QED) is 0.443. The minimum Gasteiger partial charge on any atom is -0.375 e. The second-order valence-corrected chi connectivity index (χ2v) is 4.34. The molecule has 1 aliphatic rings. The first-order chi connectivity index (χ1) is 7.77. The summed E-state index contributed by atoms with van der Waals surface area (Å²) in [5.74, 6) is 0. The molecule has 0 unspecified atom stereocenters. The van der Waals surface area contributed by atoms with E-state index in [-0.39, 0.29) is 5.11 Å². The minimum absolute atomic E-state index is 0.217. The van der Waals surface area contributed by atoms with E-state index in [1.165, 1.54) is 17.5 Å². The van der Waals surface area contributed by atoms with E-state index in [1.807, 2.05) is 6.07 Å². The van der Waals surface area contributed by atoms with Gasteiger partial charge in [-0.25, -0.2) is 0 Å². The van der Waals surface area contributed by atoms with Gasteiger partial charge in [-0.15, -0.1) is 0 Å². The van der Waals surface area contributed by atoms with E-state index >= 15 is 0 Å². The van der Waals surface area contributed by atoms with E-state index in [2.05, 4.69) is 28.7 Å². The number of rotatable bonds is 1. The summed E-state index contributed by atoms with van der Waals surface area (Å²) in [6.45, 7) is 0. The predicted octanol–water partition coefficient (Wildman–Crippen LogP) is 1.95. The second-order valence-electron chi connectivity index (χ2n) is 3.90. The van der Waals surface area contributed by atoms with Crippen LogP contribution >= 0.6 is 12.2 Å². The number of thiocarbonyl (C=S) groups is 1.